The second-order valence-corrected chi connectivity index (χ2v) is 6.44. The molecule has 8 heteroatoms. The lowest BCUT2D eigenvalue weighted by Gasteiger charge is -2.07. The van der Waals surface area contributed by atoms with Crippen LogP contribution in [0.1, 0.15) is 17.2 Å². The number of halogens is 2. The Morgan fingerprint density at radius 3 is 2.70 bits per heavy atom. The largest absolute Gasteiger partial charge is 0.346 e. The van der Waals surface area contributed by atoms with Crippen LogP contribution >= 0.6 is 11.6 Å². The molecule has 0 unspecified atom stereocenters. The first-order chi connectivity index (χ1) is 9.29. The van der Waals surface area contributed by atoms with E-state index >= 15 is 0 Å². The lowest BCUT2D eigenvalue weighted by Crippen LogP contribution is -2.24. The summed E-state index contributed by atoms with van der Waals surface area (Å²) in [5, 5.41) is -0.0335. The zero-order valence-electron chi connectivity index (χ0n) is 10.9. The summed E-state index contributed by atoms with van der Waals surface area (Å²) in [5.41, 5.74) is 1.36. The molecule has 2 rings (SSSR count). The predicted molar refractivity (Wildman–Crippen MR) is 73.5 cm³/mol. The Morgan fingerprint density at radius 1 is 1.40 bits per heavy atom. The SMILES string of the molecule is Cc1nc(CNS(=O)(=O)c2cc(F)ccc2Cl)c(C)[nH]1. The van der Waals surface area contributed by atoms with Crippen molar-refractivity contribution < 1.29 is 12.8 Å². The van der Waals surface area contributed by atoms with Gasteiger partial charge < -0.3 is 4.98 Å². The molecule has 5 nitrogen and oxygen atoms in total. The molecular formula is C12H13ClFN3O2S. The summed E-state index contributed by atoms with van der Waals surface area (Å²) in [5.74, 6) is 0.0297. The summed E-state index contributed by atoms with van der Waals surface area (Å²) in [7, 11) is -3.89. The molecule has 0 spiro atoms. The van der Waals surface area contributed by atoms with Crippen LogP contribution in [-0.2, 0) is 16.6 Å². The molecule has 0 aliphatic heterocycles. The third kappa shape index (κ3) is 3.17. The molecule has 0 atom stereocenters. The highest BCUT2D eigenvalue weighted by atomic mass is 35.5. The minimum absolute atomic E-state index is 0.00531. The monoisotopic (exact) mass is 317 g/mol. The molecule has 0 saturated carbocycles. The van der Waals surface area contributed by atoms with Crippen molar-refractivity contribution in [2.24, 2.45) is 0 Å². The standard InChI is InChI=1S/C12H13ClFN3O2S/c1-7-11(17-8(2)16-7)6-15-20(18,19)12-5-9(14)3-4-10(12)13/h3-5,15H,6H2,1-2H3,(H,16,17). The van der Waals surface area contributed by atoms with Crippen molar-refractivity contribution in [2.45, 2.75) is 25.3 Å². The third-order valence-electron chi connectivity index (χ3n) is 2.72. The van der Waals surface area contributed by atoms with Gasteiger partial charge in [-0.3, -0.25) is 0 Å². The van der Waals surface area contributed by atoms with Gasteiger partial charge in [-0.2, -0.15) is 0 Å². The van der Waals surface area contributed by atoms with Crippen molar-refractivity contribution in [2.75, 3.05) is 0 Å². The van der Waals surface area contributed by atoms with Gasteiger partial charge in [0.2, 0.25) is 10.0 Å². The number of aryl methyl sites for hydroxylation is 2. The number of hydrogen-bond donors (Lipinski definition) is 2. The third-order valence-corrected chi connectivity index (χ3v) is 4.60. The highest BCUT2D eigenvalue weighted by molar-refractivity contribution is 7.89. The summed E-state index contributed by atoms with van der Waals surface area (Å²) < 4.78 is 39.7. The first-order valence-electron chi connectivity index (χ1n) is 5.76. The smallest absolute Gasteiger partial charge is 0.242 e. The predicted octanol–water partition coefficient (Wildman–Crippen LogP) is 2.30. The molecule has 1 heterocycles. The van der Waals surface area contributed by atoms with Crippen LogP contribution in [0.3, 0.4) is 0 Å². The van der Waals surface area contributed by atoms with Crippen molar-refractivity contribution in [3.63, 3.8) is 0 Å². The summed E-state index contributed by atoms with van der Waals surface area (Å²) in [6, 6.07) is 3.19. The Balaban J connectivity index is 2.23. The maximum Gasteiger partial charge on any atom is 0.242 e. The molecule has 0 bridgehead atoms. The zero-order chi connectivity index (χ0) is 14.9. The van der Waals surface area contributed by atoms with E-state index in [1.54, 1.807) is 13.8 Å². The maximum atomic E-state index is 13.1. The number of aromatic nitrogens is 2. The van der Waals surface area contributed by atoms with Crippen LogP contribution in [0, 0.1) is 19.7 Å². The fourth-order valence-corrected chi connectivity index (χ4v) is 3.25. The molecular weight excluding hydrogens is 305 g/mol. The molecule has 1 aromatic heterocycles. The van der Waals surface area contributed by atoms with Gasteiger partial charge in [0.15, 0.2) is 0 Å². The van der Waals surface area contributed by atoms with E-state index in [2.05, 4.69) is 14.7 Å². The minimum Gasteiger partial charge on any atom is -0.346 e. The van der Waals surface area contributed by atoms with Gasteiger partial charge in [0.05, 0.1) is 17.3 Å². The molecule has 108 valence electrons. The van der Waals surface area contributed by atoms with Crippen LogP contribution < -0.4 is 4.72 Å². The number of rotatable bonds is 4. The Morgan fingerprint density at radius 2 is 2.10 bits per heavy atom. The van der Waals surface area contributed by atoms with Gasteiger partial charge in [0.25, 0.3) is 0 Å². The van der Waals surface area contributed by atoms with Gasteiger partial charge in [0, 0.05) is 5.69 Å². The van der Waals surface area contributed by atoms with E-state index in [9.17, 15) is 12.8 Å². The molecule has 2 aromatic rings. The summed E-state index contributed by atoms with van der Waals surface area (Å²) in [6.45, 7) is 3.57. The van der Waals surface area contributed by atoms with Crippen LogP contribution in [-0.4, -0.2) is 18.4 Å². The first kappa shape index (κ1) is 15.0. The molecule has 0 saturated heterocycles. The van der Waals surface area contributed by atoms with Crippen molar-refractivity contribution in [1.29, 1.82) is 0 Å². The van der Waals surface area contributed by atoms with Crippen LogP contribution in [0.25, 0.3) is 0 Å². The van der Waals surface area contributed by atoms with E-state index in [0.717, 1.165) is 17.8 Å². The first-order valence-corrected chi connectivity index (χ1v) is 7.62. The quantitative estimate of drug-likeness (QED) is 0.908. The van der Waals surface area contributed by atoms with Crippen molar-refractivity contribution >= 4 is 21.6 Å². The highest BCUT2D eigenvalue weighted by Gasteiger charge is 2.19. The number of aromatic amines is 1. The Kier molecular flexibility index (Phi) is 4.12. The second kappa shape index (κ2) is 5.51. The van der Waals surface area contributed by atoms with E-state index in [0.29, 0.717) is 11.5 Å². The lowest BCUT2D eigenvalue weighted by molar-refractivity contribution is 0.576. The van der Waals surface area contributed by atoms with Crippen molar-refractivity contribution in [3.8, 4) is 0 Å². The van der Waals surface area contributed by atoms with E-state index in [4.69, 9.17) is 11.6 Å². The second-order valence-electron chi connectivity index (χ2n) is 4.29. The highest BCUT2D eigenvalue weighted by Crippen LogP contribution is 2.22. The molecule has 0 fully saturated rings. The van der Waals surface area contributed by atoms with E-state index in [1.165, 1.54) is 6.07 Å². The minimum atomic E-state index is -3.89. The normalized spacial score (nSPS) is 11.8. The number of nitrogens with one attached hydrogen (secondary N) is 2. The Hall–Kier alpha value is -1.44. The van der Waals surface area contributed by atoms with E-state index in [-0.39, 0.29) is 16.5 Å². The van der Waals surface area contributed by atoms with Gasteiger partial charge >= 0.3 is 0 Å². The molecule has 0 aliphatic carbocycles. The number of hydrogen-bond acceptors (Lipinski definition) is 3. The summed E-state index contributed by atoms with van der Waals surface area (Å²) in [6.07, 6.45) is 0. The van der Waals surface area contributed by atoms with Gasteiger partial charge in [-0.05, 0) is 32.0 Å². The average Bonchev–Trinajstić information content (AvgIpc) is 2.68. The van der Waals surface area contributed by atoms with Crippen LogP contribution in [0.5, 0.6) is 0 Å². The fraction of sp³-hybridized carbons (Fsp3) is 0.250. The zero-order valence-corrected chi connectivity index (χ0v) is 12.4. The Labute approximate surface area is 121 Å². The number of H-pyrrole nitrogens is 1. The van der Waals surface area contributed by atoms with Gasteiger partial charge in [-0.15, -0.1) is 0 Å². The topological polar surface area (TPSA) is 74.8 Å². The molecule has 20 heavy (non-hydrogen) atoms. The van der Waals surface area contributed by atoms with Crippen molar-refractivity contribution in [1.82, 2.24) is 14.7 Å². The number of imidazole rings is 1. The molecule has 2 N–H and O–H groups in total. The molecule has 1 aromatic carbocycles. The summed E-state index contributed by atoms with van der Waals surface area (Å²) >= 11 is 5.79. The fourth-order valence-electron chi connectivity index (χ4n) is 1.75. The van der Waals surface area contributed by atoms with Gasteiger partial charge in [-0.1, -0.05) is 11.6 Å². The van der Waals surface area contributed by atoms with Crippen molar-refractivity contribution in [3.05, 3.63) is 46.3 Å². The molecule has 0 aliphatic rings. The number of nitrogens with zero attached hydrogens (tertiary/aromatic N) is 1. The summed E-state index contributed by atoms with van der Waals surface area (Å²) in [4.78, 5) is 6.84. The van der Waals surface area contributed by atoms with Crippen LogP contribution in [0.2, 0.25) is 5.02 Å². The number of benzene rings is 1. The van der Waals surface area contributed by atoms with Gasteiger partial charge in [0.1, 0.15) is 16.5 Å². The van der Waals surface area contributed by atoms with E-state index < -0.39 is 15.8 Å². The van der Waals surface area contributed by atoms with Gasteiger partial charge in [-0.25, -0.2) is 22.5 Å². The van der Waals surface area contributed by atoms with E-state index in [1.807, 2.05) is 0 Å². The lowest BCUT2D eigenvalue weighted by atomic mass is 10.3. The molecule has 0 amide bonds. The van der Waals surface area contributed by atoms with Crippen LogP contribution in [0.4, 0.5) is 4.39 Å². The average molecular weight is 318 g/mol. The molecule has 0 radical (unpaired) electrons. The maximum absolute atomic E-state index is 13.1. The number of sulfonamides is 1. The van der Waals surface area contributed by atoms with Crippen LogP contribution in [0.15, 0.2) is 23.1 Å². The Bertz CT molecular complexity index is 743.